The molecule has 1 amide bonds. The molecule has 0 fully saturated rings. The minimum Gasteiger partial charge on any atom is -0.480 e. The largest absolute Gasteiger partial charge is 0.480 e. The Labute approximate surface area is 105 Å². The SMILES string of the molecule is CCC(NC(=O)CCCc1nc(C)no1)C(=O)O. The lowest BCUT2D eigenvalue weighted by Crippen LogP contribution is -2.40. The van der Waals surface area contributed by atoms with E-state index in [4.69, 9.17) is 9.63 Å². The average Bonchev–Trinajstić information content (AvgIpc) is 2.71. The number of hydrogen-bond acceptors (Lipinski definition) is 5. The van der Waals surface area contributed by atoms with E-state index in [1.165, 1.54) is 0 Å². The smallest absolute Gasteiger partial charge is 0.326 e. The lowest BCUT2D eigenvalue weighted by atomic mass is 10.2. The molecule has 0 saturated carbocycles. The Balaban J connectivity index is 2.26. The second kappa shape index (κ2) is 6.73. The van der Waals surface area contributed by atoms with Crippen molar-refractivity contribution in [2.75, 3.05) is 0 Å². The van der Waals surface area contributed by atoms with E-state index in [1.807, 2.05) is 0 Å². The van der Waals surface area contributed by atoms with E-state index >= 15 is 0 Å². The van der Waals surface area contributed by atoms with E-state index in [0.29, 0.717) is 31.0 Å². The quantitative estimate of drug-likeness (QED) is 0.742. The molecular weight excluding hydrogens is 238 g/mol. The lowest BCUT2D eigenvalue weighted by molar-refractivity contribution is -0.141. The molecule has 100 valence electrons. The maximum atomic E-state index is 11.5. The Morgan fingerprint density at radius 3 is 2.72 bits per heavy atom. The predicted octanol–water partition coefficient (Wildman–Crippen LogP) is 0.680. The molecule has 1 aromatic heterocycles. The van der Waals surface area contributed by atoms with Crippen LogP contribution in [-0.2, 0) is 16.0 Å². The van der Waals surface area contributed by atoms with Crippen LogP contribution in [0, 0.1) is 6.92 Å². The summed E-state index contributed by atoms with van der Waals surface area (Å²) >= 11 is 0. The van der Waals surface area contributed by atoms with Gasteiger partial charge in [0.15, 0.2) is 5.82 Å². The average molecular weight is 255 g/mol. The lowest BCUT2D eigenvalue weighted by Gasteiger charge is -2.11. The number of aliphatic carboxylic acids is 1. The Morgan fingerprint density at radius 2 is 2.22 bits per heavy atom. The van der Waals surface area contributed by atoms with Gasteiger partial charge in [0.05, 0.1) is 0 Å². The number of carboxylic acid groups (broad SMARTS) is 1. The molecular formula is C11H17N3O4. The van der Waals surface area contributed by atoms with Gasteiger partial charge >= 0.3 is 5.97 Å². The summed E-state index contributed by atoms with van der Waals surface area (Å²) in [5, 5.41) is 14.9. The van der Waals surface area contributed by atoms with Gasteiger partial charge in [-0.1, -0.05) is 12.1 Å². The van der Waals surface area contributed by atoms with Crippen LogP contribution in [0.25, 0.3) is 0 Å². The summed E-state index contributed by atoms with van der Waals surface area (Å²) in [6.07, 6.45) is 1.66. The second-order valence-electron chi connectivity index (χ2n) is 3.96. The van der Waals surface area contributed by atoms with Crippen molar-refractivity contribution in [1.29, 1.82) is 0 Å². The number of carboxylic acids is 1. The number of nitrogens with zero attached hydrogens (tertiary/aromatic N) is 2. The molecule has 0 saturated heterocycles. The molecule has 1 aromatic rings. The van der Waals surface area contributed by atoms with E-state index in [-0.39, 0.29) is 12.3 Å². The molecule has 0 aromatic carbocycles. The van der Waals surface area contributed by atoms with Crippen LogP contribution in [0.1, 0.15) is 37.9 Å². The van der Waals surface area contributed by atoms with Gasteiger partial charge in [0.2, 0.25) is 11.8 Å². The molecule has 0 spiro atoms. The summed E-state index contributed by atoms with van der Waals surface area (Å²) in [5.74, 6) is -0.240. The number of amides is 1. The van der Waals surface area contributed by atoms with E-state index in [1.54, 1.807) is 13.8 Å². The van der Waals surface area contributed by atoms with Crippen LogP contribution in [0.2, 0.25) is 0 Å². The topological polar surface area (TPSA) is 105 Å². The van der Waals surface area contributed by atoms with Gasteiger partial charge in [-0.15, -0.1) is 0 Å². The highest BCUT2D eigenvalue weighted by atomic mass is 16.5. The molecule has 7 heteroatoms. The highest BCUT2D eigenvalue weighted by Gasteiger charge is 2.17. The number of carbonyl (C=O) groups excluding carboxylic acids is 1. The standard InChI is InChI=1S/C11H17N3O4/c1-3-8(11(16)17)13-9(15)5-4-6-10-12-7(2)14-18-10/h8H,3-6H2,1-2H3,(H,13,15)(H,16,17). The third-order valence-corrected chi connectivity index (χ3v) is 2.41. The van der Waals surface area contributed by atoms with Crippen molar-refractivity contribution in [3.05, 3.63) is 11.7 Å². The third-order valence-electron chi connectivity index (χ3n) is 2.41. The van der Waals surface area contributed by atoms with Crippen LogP contribution >= 0.6 is 0 Å². The summed E-state index contributed by atoms with van der Waals surface area (Å²) in [6, 6.07) is -0.817. The zero-order chi connectivity index (χ0) is 13.5. The second-order valence-corrected chi connectivity index (χ2v) is 3.96. The molecule has 1 rings (SSSR count). The molecule has 0 aliphatic heterocycles. The normalized spacial score (nSPS) is 12.1. The summed E-state index contributed by atoms with van der Waals surface area (Å²) in [4.78, 5) is 26.2. The molecule has 18 heavy (non-hydrogen) atoms. The van der Waals surface area contributed by atoms with Crippen LogP contribution in [0.3, 0.4) is 0 Å². The fourth-order valence-corrected chi connectivity index (χ4v) is 1.45. The number of aromatic nitrogens is 2. The predicted molar refractivity (Wildman–Crippen MR) is 61.8 cm³/mol. The summed E-state index contributed by atoms with van der Waals surface area (Å²) in [5.41, 5.74) is 0. The van der Waals surface area contributed by atoms with Crippen LogP contribution in [0.15, 0.2) is 4.52 Å². The first kappa shape index (κ1) is 14.1. The van der Waals surface area contributed by atoms with Gasteiger partial charge in [-0.05, 0) is 19.8 Å². The van der Waals surface area contributed by atoms with E-state index < -0.39 is 12.0 Å². The minimum absolute atomic E-state index is 0.241. The van der Waals surface area contributed by atoms with Gasteiger partial charge in [0, 0.05) is 12.8 Å². The zero-order valence-corrected chi connectivity index (χ0v) is 10.5. The molecule has 1 heterocycles. The Hall–Kier alpha value is -1.92. The highest BCUT2D eigenvalue weighted by Crippen LogP contribution is 2.03. The van der Waals surface area contributed by atoms with Gasteiger partial charge < -0.3 is 14.9 Å². The number of nitrogens with one attached hydrogen (secondary N) is 1. The Morgan fingerprint density at radius 1 is 1.50 bits per heavy atom. The van der Waals surface area contributed by atoms with Crippen molar-refractivity contribution >= 4 is 11.9 Å². The minimum atomic E-state index is -1.02. The van der Waals surface area contributed by atoms with Crippen molar-refractivity contribution < 1.29 is 19.2 Å². The van der Waals surface area contributed by atoms with Gasteiger partial charge in [0.25, 0.3) is 0 Å². The van der Waals surface area contributed by atoms with Crippen LogP contribution in [-0.4, -0.2) is 33.2 Å². The van der Waals surface area contributed by atoms with Crippen LogP contribution < -0.4 is 5.32 Å². The van der Waals surface area contributed by atoms with Crippen molar-refractivity contribution in [2.24, 2.45) is 0 Å². The van der Waals surface area contributed by atoms with Gasteiger partial charge in [-0.2, -0.15) is 4.98 Å². The van der Waals surface area contributed by atoms with Gasteiger partial charge in [-0.25, -0.2) is 4.79 Å². The maximum Gasteiger partial charge on any atom is 0.326 e. The molecule has 0 radical (unpaired) electrons. The number of carbonyl (C=O) groups is 2. The summed E-state index contributed by atoms with van der Waals surface area (Å²) in [7, 11) is 0. The molecule has 1 atom stereocenters. The summed E-state index contributed by atoms with van der Waals surface area (Å²) in [6.45, 7) is 3.43. The summed E-state index contributed by atoms with van der Waals surface area (Å²) < 4.78 is 4.90. The highest BCUT2D eigenvalue weighted by molar-refractivity contribution is 5.83. The number of rotatable bonds is 7. The van der Waals surface area contributed by atoms with Crippen molar-refractivity contribution in [1.82, 2.24) is 15.5 Å². The molecule has 0 aliphatic carbocycles. The number of hydrogen-bond donors (Lipinski definition) is 2. The fraction of sp³-hybridized carbons (Fsp3) is 0.636. The third kappa shape index (κ3) is 4.52. The van der Waals surface area contributed by atoms with Gasteiger partial charge in [0.1, 0.15) is 6.04 Å². The van der Waals surface area contributed by atoms with E-state index in [0.717, 1.165) is 0 Å². The Bertz CT molecular complexity index is 416. The monoisotopic (exact) mass is 255 g/mol. The van der Waals surface area contributed by atoms with E-state index in [9.17, 15) is 9.59 Å². The number of aryl methyl sites for hydroxylation is 2. The van der Waals surface area contributed by atoms with Crippen molar-refractivity contribution in [2.45, 2.75) is 45.6 Å². The molecule has 0 aliphatic rings. The Kier molecular flexibility index (Phi) is 5.29. The van der Waals surface area contributed by atoms with Crippen LogP contribution in [0.5, 0.6) is 0 Å². The van der Waals surface area contributed by atoms with Crippen molar-refractivity contribution in [3.63, 3.8) is 0 Å². The molecule has 2 N–H and O–H groups in total. The van der Waals surface area contributed by atoms with E-state index in [2.05, 4.69) is 15.5 Å². The molecule has 0 bridgehead atoms. The van der Waals surface area contributed by atoms with Crippen molar-refractivity contribution in [3.8, 4) is 0 Å². The molecule has 1 unspecified atom stereocenters. The molecule has 7 nitrogen and oxygen atoms in total. The first-order valence-electron chi connectivity index (χ1n) is 5.84. The zero-order valence-electron chi connectivity index (χ0n) is 10.5. The maximum absolute atomic E-state index is 11.5. The first-order chi connectivity index (χ1) is 8.52. The fourth-order valence-electron chi connectivity index (χ4n) is 1.45. The van der Waals surface area contributed by atoms with Gasteiger partial charge in [-0.3, -0.25) is 4.79 Å². The first-order valence-corrected chi connectivity index (χ1v) is 5.84. The van der Waals surface area contributed by atoms with Crippen LogP contribution in [0.4, 0.5) is 0 Å².